The molecule has 0 aliphatic heterocycles. The van der Waals surface area contributed by atoms with E-state index in [1.54, 1.807) is 0 Å². The molecule has 0 unspecified atom stereocenters. The van der Waals surface area contributed by atoms with Crippen LogP contribution in [0.4, 0.5) is 0 Å². The van der Waals surface area contributed by atoms with Gasteiger partial charge in [0.2, 0.25) is 0 Å². The zero-order valence-electron chi connectivity index (χ0n) is 16.9. The fourth-order valence-corrected chi connectivity index (χ4v) is 1.77. The van der Waals surface area contributed by atoms with Crippen LogP contribution in [0.15, 0.2) is 43.5 Å². The molecule has 0 heterocycles. The Morgan fingerprint density at radius 2 is 1.23 bits per heavy atom. The largest absolute Gasteiger partial charge is 1.00 e. The van der Waals surface area contributed by atoms with Gasteiger partial charge in [-0.25, -0.2) is 0 Å². The van der Waals surface area contributed by atoms with E-state index in [9.17, 15) is 0 Å². The van der Waals surface area contributed by atoms with E-state index in [1.807, 2.05) is 30.3 Å². The molecule has 0 N–H and O–H groups in total. The molecule has 0 atom stereocenters. The van der Waals surface area contributed by atoms with Crippen molar-refractivity contribution in [2.75, 3.05) is 6.61 Å². The molecule has 0 amide bonds. The van der Waals surface area contributed by atoms with Crippen molar-refractivity contribution in [3.63, 3.8) is 0 Å². The Hall–Kier alpha value is 1.87. The first kappa shape index (κ1) is 38.5. The molecule has 1 rings (SSSR count). The molecule has 0 bridgehead atoms. The van der Waals surface area contributed by atoms with Crippen LogP contribution in [0, 0.1) is 0 Å². The number of phosphoric acid groups is 1. The topological polar surface area (TPSA) is 95.5 Å². The number of unbranched alkanes of at least 4 members (excludes halogenated alkanes) is 6. The van der Waals surface area contributed by atoms with Crippen LogP contribution in [0.2, 0.25) is 0 Å². The number of para-hydroxylation sites is 1. The smallest absolute Gasteiger partial charge is 0.822 e. The molecule has 26 heavy (non-hydrogen) atoms. The van der Waals surface area contributed by atoms with E-state index in [1.165, 1.54) is 44.9 Å². The van der Waals surface area contributed by atoms with Crippen LogP contribution < -0.4 is 108 Å². The van der Waals surface area contributed by atoms with Crippen molar-refractivity contribution in [3.05, 3.63) is 43.5 Å². The van der Waals surface area contributed by atoms with Crippen molar-refractivity contribution >= 4 is 7.82 Å². The molecule has 1 aromatic carbocycles. The average molecular weight is 412 g/mol. The van der Waals surface area contributed by atoms with E-state index in [-0.39, 0.29) is 88.7 Å². The Kier molecular flexibility index (Phi) is 43.0. The Bertz CT molecular complexity index is 396. The third kappa shape index (κ3) is 40.5. The fraction of sp³-hybridized carbons (Fsp3) is 0.529. The van der Waals surface area contributed by atoms with Crippen molar-refractivity contribution < 1.29 is 113 Å². The van der Waals surface area contributed by atoms with Gasteiger partial charge in [-0.1, -0.05) is 63.6 Å². The predicted molar refractivity (Wildman–Crippen MR) is 88.8 cm³/mol. The Morgan fingerprint density at radius 1 is 0.846 bits per heavy atom. The van der Waals surface area contributed by atoms with Crippen molar-refractivity contribution in [1.82, 2.24) is 0 Å². The van der Waals surface area contributed by atoms with Crippen LogP contribution in [-0.4, -0.2) is 6.61 Å². The van der Waals surface area contributed by atoms with Gasteiger partial charge in [0, 0.05) is 0 Å². The van der Waals surface area contributed by atoms with E-state index >= 15 is 0 Å². The summed E-state index contributed by atoms with van der Waals surface area (Å²) in [5.74, 6) is 0.994. The van der Waals surface area contributed by atoms with Gasteiger partial charge in [-0.05, 0) is 18.6 Å². The quantitative estimate of drug-likeness (QED) is 0.174. The second-order valence-electron chi connectivity index (χ2n) is 4.73. The number of hydrogen-bond donors (Lipinski definition) is 0. The summed E-state index contributed by atoms with van der Waals surface area (Å²) in [6.07, 6.45) is 9.35. The molecule has 5 nitrogen and oxygen atoms in total. The van der Waals surface area contributed by atoms with Gasteiger partial charge < -0.3 is 24.0 Å². The molecule has 0 fully saturated rings. The van der Waals surface area contributed by atoms with Gasteiger partial charge in [-0.15, -0.1) is 13.2 Å². The maximum Gasteiger partial charge on any atom is 1.00 e. The summed E-state index contributed by atoms with van der Waals surface area (Å²) in [4.78, 5) is 25.6. The Balaban J connectivity index is -0.000000128. The Labute approximate surface area is 225 Å². The standard InChI is InChI=1S/C15H24O.C2H4.3Na.H3O4P/c1-2-3-4-5-6-7-11-14-16-15-12-9-8-10-13-15;1-2;;;;1-5(2,3)4/h8-10,12-13H,2-7,11,14H2,1H3;1-2H2;;;;(H3,1,2,3,4)/q;;3*+1;/p-3. The molecular weight excluding hydrogens is 384 g/mol. The van der Waals surface area contributed by atoms with E-state index in [0.29, 0.717) is 0 Å². The summed E-state index contributed by atoms with van der Waals surface area (Å²) in [6, 6.07) is 10.1. The fourth-order valence-electron chi connectivity index (χ4n) is 1.77. The van der Waals surface area contributed by atoms with E-state index in [4.69, 9.17) is 24.0 Å². The summed E-state index contributed by atoms with van der Waals surface area (Å²) >= 11 is 0. The molecule has 0 saturated carbocycles. The first-order valence-electron chi connectivity index (χ1n) is 7.84. The maximum absolute atomic E-state index is 8.55. The molecule has 0 radical (unpaired) electrons. The van der Waals surface area contributed by atoms with Crippen molar-refractivity contribution in [3.8, 4) is 5.75 Å². The van der Waals surface area contributed by atoms with Gasteiger partial charge in [0.25, 0.3) is 0 Å². The number of rotatable bonds is 9. The summed E-state index contributed by atoms with van der Waals surface area (Å²) in [5, 5.41) is 0. The van der Waals surface area contributed by atoms with E-state index < -0.39 is 7.82 Å². The second kappa shape index (κ2) is 29.1. The molecule has 0 saturated heterocycles. The minimum absolute atomic E-state index is 0. The van der Waals surface area contributed by atoms with Crippen LogP contribution in [0.25, 0.3) is 0 Å². The van der Waals surface area contributed by atoms with Crippen molar-refractivity contribution in [2.24, 2.45) is 0 Å². The zero-order valence-corrected chi connectivity index (χ0v) is 23.8. The van der Waals surface area contributed by atoms with Gasteiger partial charge in [0.15, 0.2) is 0 Å². The molecule has 1 aromatic rings. The van der Waals surface area contributed by atoms with Crippen molar-refractivity contribution in [2.45, 2.75) is 51.9 Å². The molecule has 9 heteroatoms. The number of ether oxygens (including phenoxy) is 1. The number of benzene rings is 1. The van der Waals surface area contributed by atoms with Crippen LogP contribution >= 0.6 is 7.82 Å². The van der Waals surface area contributed by atoms with Gasteiger partial charge >= 0.3 is 88.7 Å². The van der Waals surface area contributed by atoms with Crippen LogP contribution in [0.3, 0.4) is 0 Å². The maximum atomic E-state index is 8.55. The third-order valence-electron chi connectivity index (χ3n) is 2.76. The van der Waals surface area contributed by atoms with E-state index in [2.05, 4.69) is 20.1 Å². The molecule has 0 spiro atoms. The second-order valence-corrected chi connectivity index (χ2v) is 5.62. The average Bonchev–Trinajstić information content (AvgIpc) is 2.51. The third-order valence-corrected chi connectivity index (χ3v) is 2.76. The van der Waals surface area contributed by atoms with Crippen LogP contribution in [0.5, 0.6) is 5.75 Å². The first-order valence-corrected chi connectivity index (χ1v) is 9.30. The molecule has 0 aliphatic carbocycles. The normalized spacial score (nSPS) is 8.77. The predicted octanol–water partition coefficient (Wildman–Crippen LogP) is -6.19. The van der Waals surface area contributed by atoms with Gasteiger partial charge in [-0.2, -0.15) is 7.82 Å². The van der Waals surface area contributed by atoms with Crippen molar-refractivity contribution in [1.29, 1.82) is 0 Å². The van der Waals surface area contributed by atoms with Crippen LogP contribution in [0.1, 0.15) is 51.9 Å². The summed E-state index contributed by atoms with van der Waals surface area (Å²) in [7, 11) is -5.39. The number of hydrogen-bond acceptors (Lipinski definition) is 5. The minimum Gasteiger partial charge on any atom is -0.822 e. The molecule has 134 valence electrons. The minimum atomic E-state index is -5.39. The summed E-state index contributed by atoms with van der Waals surface area (Å²) in [5.41, 5.74) is 0. The summed E-state index contributed by atoms with van der Waals surface area (Å²) < 4.78 is 14.2. The summed E-state index contributed by atoms with van der Waals surface area (Å²) in [6.45, 7) is 9.12. The molecular formula is C17H28Na3O5P. The van der Waals surface area contributed by atoms with Gasteiger partial charge in [0.1, 0.15) is 5.75 Å². The SMILES string of the molecule is C=C.CCCCCCCCCOc1ccccc1.O=P([O-])([O-])[O-].[Na+].[Na+].[Na+]. The Morgan fingerprint density at radius 3 is 1.65 bits per heavy atom. The zero-order chi connectivity index (χ0) is 18.0. The first-order chi connectivity index (χ1) is 10.9. The van der Waals surface area contributed by atoms with E-state index in [0.717, 1.165) is 12.4 Å². The van der Waals surface area contributed by atoms with Crippen LogP contribution in [-0.2, 0) is 4.57 Å². The van der Waals surface area contributed by atoms with Gasteiger partial charge in [0.05, 0.1) is 6.61 Å². The van der Waals surface area contributed by atoms with Gasteiger partial charge in [-0.3, -0.25) is 0 Å². The molecule has 0 aliphatic rings. The monoisotopic (exact) mass is 412 g/mol. The molecule has 0 aromatic heterocycles.